The van der Waals surface area contributed by atoms with Crippen LogP contribution in [-0.2, 0) is 27.7 Å². The lowest BCUT2D eigenvalue weighted by Crippen LogP contribution is -2.15. The number of carbonyl (C=O) groups excluding carboxylic acids is 1. The fourth-order valence-electron chi connectivity index (χ4n) is 2.07. The third-order valence-corrected chi connectivity index (χ3v) is 5.71. The van der Waals surface area contributed by atoms with Crippen molar-refractivity contribution < 1.29 is 13.2 Å². The molecule has 23 heavy (non-hydrogen) atoms. The van der Waals surface area contributed by atoms with Gasteiger partial charge in [0.2, 0.25) is 11.0 Å². The van der Waals surface area contributed by atoms with Crippen LogP contribution in [0.2, 0.25) is 0 Å². The van der Waals surface area contributed by atoms with Crippen LogP contribution < -0.4 is 10.0 Å². The summed E-state index contributed by atoms with van der Waals surface area (Å²) >= 11 is 0.810. The summed E-state index contributed by atoms with van der Waals surface area (Å²) in [5.41, 5.74) is 2.42. The van der Waals surface area contributed by atoms with Crippen LogP contribution in [0.1, 0.15) is 31.9 Å². The number of rotatable bonds is 6. The Kier molecular flexibility index (Phi) is 5.32. The van der Waals surface area contributed by atoms with Crippen molar-refractivity contribution in [3.8, 4) is 0 Å². The van der Waals surface area contributed by atoms with Crippen LogP contribution >= 0.6 is 11.3 Å². The fraction of sp³-hybridized carbons (Fsp3) is 0.357. The van der Waals surface area contributed by atoms with E-state index in [1.165, 1.54) is 6.92 Å². The standard InChI is InChI=1S/C14H18N4O3S2/c1-4-10-7-6-8-11(5-2)12(10)18-23(20,21)14-17-16-13(22-14)15-9(3)19/h6-8,18H,4-5H2,1-3H3,(H,15,16,19). The summed E-state index contributed by atoms with van der Waals surface area (Å²) in [6.07, 6.45) is 1.41. The molecule has 2 N–H and O–H groups in total. The van der Waals surface area contributed by atoms with Crippen molar-refractivity contribution >= 4 is 38.1 Å². The Morgan fingerprint density at radius 3 is 2.30 bits per heavy atom. The zero-order chi connectivity index (χ0) is 17.0. The van der Waals surface area contributed by atoms with E-state index in [0.717, 1.165) is 22.5 Å². The smallest absolute Gasteiger partial charge is 0.291 e. The van der Waals surface area contributed by atoms with Crippen molar-refractivity contribution in [2.45, 2.75) is 38.0 Å². The highest BCUT2D eigenvalue weighted by Gasteiger charge is 2.22. The molecule has 0 fully saturated rings. The summed E-state index contributed by atoms with van der Waals surface area (Å²) in [4.78, 5) is 11.0. The summed E-state index contributed by atoms with van der Waals surface area (Å²) in [5.74, 6) is -0.331. The molecule has 0 saturated carbocycles. The number of para-hydroxylation sites is 1. The van der Waals surface area contributed by atoms with Crippen molar-refractivity contribution in [3.63, 3.8) is 0 Å². The molecule has 2 aromatic rings. The highest BCUT2D eigenvalue weighted by molar-refractivity contribution is 7.94. The van der Waals surface area contributed by atoms with Crippen molar-refractivity contribution in [1.82, 2.24) is 10.2 Å². The van der Waals surface area contributed by atoms with Crippen molar-refractivity contribution in [1.29, 1.82) is 0 Å². The van der Waals surface area contributed by atoms with E-state index in [0.29, 0.717) is 18.5 Å². The van der Waals surface area contributed by atoms with Gasteiger partial charge in [-0.15, -0.1) is 10.2 Å². The molecule has 1 aromatic carbocycles. The number of aromatic nitrogens is 2. The van der Waals surface area contributed by atoms with Gasteiger partial charge < -0.3 is 5.32 Å². The minimum absolute atomic E-state index is 0.150. The number of benzene rings is 1. The Balaban J connectivity index is 2.35. The van der Waals surface area contributed by atoms with Crippen LogP contribution in [0.4, 0.5) is 10.8 Å². The number of hydrogen-bond donors (Lipinski definition) is 2. The third kappa shape index (κ3) is 4.05. The molecule has 1 aromatic heterocycles. The molecule has 1 heterocycles. The number of carbonyl (C=O) groups is 1. The van der Waals surface area contributed by atoms with Crippen LogP contribution in [0.25, 0.3) is 0 Å². The summed E-state index contributed by atoms with van der Waals surface area (Å²) in [6, 6.07) is 5.69. The maximum atomic E-state index is 12.5. The van der Waals surface area contributed by atoms with E-state index < -0.39 is 10.0 Å². The minimum atomic E-state index is -3.85. The number of hydrogen-bond acceptors (Lipinski definition) is 6. The van der Waals surface area contributed by atoms with Gasteiger partial charge >= 0.3 is 0 Å². The Labute approximate surface area is 139 Å². The van der Waals surface area contributed by atoms with Gasteiger partial charge in [0, 0.05) is 6.92 Å². The summed E-state index contributed by atoms with van der Waals surface area (Å²) in [5, 5.41) is 9.89. The SMILES string of the molecule is CCc1cccc(CC)c1NS(=O)(=O)c1nnc(NC(C)=O)s1. The lowest BCUT2D eigenvalue weighted by atomic mass is 10.0. The number of aryl methyl sites for hydroxylation is 2. The van der Waals surface area contributed by atoms with Crippen LogP contribution in [0.5, 0.6) is 0 Å². The quantitative estimate of drug-likeness (QED) is 0.776. The van der Waals surface area contributed by atoms with Gasteiger partial charge in [0.25, 0.3) is 14.4 Å². The van der Waals surface area contributed by atoms with E-state index >= 15 is 0 Å². The molecule has 0 aliphatic carbocycles. The Morgan fingerprint density at radius 2 is 1.78 bits per heavy atom. The molecule has 0 bridgehead atoms. The van der Waals surface area contributed by atoms with Crippen LogP contribution in [0.15, 0.2) is 22.5 Å². The van der Waals surface area contributed by atoms with Crippen molar-refractivity contribution in [2.24, 2.45) is 0 Å². The van der Waals surface area contributed by atoms with E-state index in [9.17, 15) is 13.2 Å². The number of amides is 1. The van der Waals surface area contributed by atoms with Gasteiger partial charge in [0.15, 0.2) is 0 Å². The number of nitrogens with zero attached hydrogens (tertiary/aromatic N) is 2. The molecular weight excluding hydrogens is 336 g/mol. The maximum absolute atomic E-state index is 12.5. The first-order valence-corrected chi connectivity index (χ1v) is 9.42. The molecule has 7 nitrogen and oxygen atoms in total. The molecule has 0 aliphatic rings. The van der Waals surface area contributed by atoms with Gasteiger partial charge in [-0.25, -0.2) is 0 Å². The molecule has 0 aliphatic heterocycles. The first kappa shape index (κ1) is 17.4. The van der Waals surface area contributed by atoms with Crippen LogP contribution in [0.3, 0.4) is 0 Å². The van der Waals surface area contributed by atoms with Gasteiger partial charge in [-0.1, -0.05) is 43.4 Å². The minimum Gasteiger partial charge on any atom is -0.301 e. The van der Waals surface area contributed by atoms with E-state index in [-0.39, 0.29) is 15.4 Å². The van der Waals surface area contributed by atoms with Gasteiger partial charge in [-0.05, 0) is 24.0 Å². The molecule has 0 atom stereocenters. The number of sulfonamides is 1. The monoisotopic (exact) mass is 354 g/mol. The van der Waals surface area contributed by atoms with Crippen molar-refractivity contribution in [2.75, 3.05) is 10.0 Å². The highest BCUT2D eigenvalue weighted by atomic mass is 32.2. The van der Waals surface area contributed by atoms with Gasteiger partial charge in [-0.3, -0.25) is 9.52 Å². The molecule has 2 rings (SSSR count). The van der Waals surface area contributed by atoms with Crippen LogP contribution in [-0.4, -0.2) is 24.5 Å². The normalized spacial score (nSPS) is 11.3. The molecule has 9 heteroatoms. The Morgan fingerprint density at radius 1 is 1.17 bits per heavy atom. The largest absolute Gasteiger partial charge is 0.301 e. The molecule has 0 saturated heterocycles. The first-order chi connectivity index (χ1) is 10.9. The number of nitrogens with one attached hydrogen (secondary N) is 2. The predicted octanol–water partition coefficient (Wildman–Crippen LogP) is 2.42. The topological polar surface area (TPSA) is 101 Å². The van der Waals surface area contributed by atoms with Crippen molar-refractivity contribution in [3.05, 3.63) is 29.3 Å². The summed E-state index contributed by atoms with van der Waals surface area (Å²) < 4.78 is 27.5. The maximum Gasteiger partial charge on any atom is 0.291 e. The zero-order valence-electron chi connectivity index (χ0n) is 13.1. The molecule has 0 radical (unpaired) electrons. The Bertz CT molecular complexity index is 793. The molecule has 0 unspecified atom stereocenters. The third-order valence-electron chi connectivity index (χ3n) is 3.15. The second-order valence-electron chi connectivity index (χ2n) is 4.82. The molecule has 0 spiro atoms. The second kappa shape index (κ2) is 7.05. The van der Waals surface area contributed by atoms with Gasteiger partial charge in [0.05, 0.1) is 5.69 Å². The lowest BCUT2D eigenvalue weighted by molar-refractivity contribution is -0.114. The van der Waals surface area contributed by atoms with E-state index in [4.69, 9.17) is 0 Å². The van der Waals surface area contributed by atoms with E-state index in [1.54, 1.807) is 0 Å². The predicted molar refractivity (Wildman–Crippen MR) is 90.2 cm³/mol. The molecule has 1 amide bonds. The first-order valence-electron chi connectivity index (χ1n) is 7.12. The number of anilines is 2. The molecular formula is C14H18N4O3S2. The average Bonchev–Trinajstić information content (AvgIpc) is 2.95. The van der Waals surface area contributed by atoms with Crippen LogP contribution in [0, 0.1) is 0 Å². The average molecular weight is 354 g/mol. The highest BCUT2D eigenvalue weighted by Crippen LogP contribution is 2.27. The zero-order valence-corrected chi connectivity index (χ0v) is 14.7. The van der Waals surface area contributed by atoms with Gasteiger partial charge in [-0.2, -0.15) is 8.42 Å². The second-order valence-corrected chi connectivity index (χ2v) is 7.65. The van der Waals surface area contributed by atoms with E-state index in [2.05, 4.69) is 20.2 Å². The fourth-order valence-corrected chi connectivity index (χ4v) is 4.16. The Hall–Kier alpha value is -2.00. The summed E-state index contributed by atoms with van der Waals surface area (Å²) in [7, 11) is -3.85. The molecule has 124 valence electrons. The van der Waals surface area contributed by atoms with E-state index in [1.807, 2.05) is 32.0 Å². The van der Waals surface area contributed by atoms with Gasteiger partial charge in [0.1, 0.15) is 0 Å². The lowest BCUT2D eigenvalue weighted by Gasteiger charge is -2.14. The summed E-state index contributed by atoms with van der Waals surface area (Å²) in [6.45, 7) is 5.25.